The molecule has 1 N–H and O–H groups in total. The summed E-state index contributed by atoms with van der Waals surface area (Å²) in [6, 6.07) is 9.75. The van der Waals surface area contributed by atoms with Gasteiger partial charge in [0, 0.05) is 24.3 Å². The second-order valence-electron chi connectivity index (χ2n) is 6.87. The number of aliphatic hydroxyl groups is 1. The lowest BCUT2D eigenvalue weighted by Crippen LogP contribution is -2.45. The molecule has 0 radical (unpaired) electrons. The van der Waals surface area contributed by atoms with Crippen molar-refractivity contribution in [2.24, 2.45) is 5.92 Å². The minimum atomic E-state index is -0.430. The Labute approximate surface area is 142 Å². The maximum atomic E-state index is 12.7. The van der Waals surface area contributed by atoms with Crippen LogP contribution in [0, 0.1) is 19.8 Å². The van der Waals surface area contributed by atoms with Gasteiger partial charge in [-0.25, -0.2) is 0 Å². The first kappa shape index (κ1) is 16.7. The van der Waals surface area contributed by atoms with Crippen molar-refractivity contribution in [2.45, 2.75) is 39.8 Å². The Hall–Kier alpha value is -2.14. The normalized spacial score (nSPS) is 21.1. The molecule has 1 aliphatic heterocycles. The number of likely N-dealkylation sites (tertiary alicyclic amines) is 1. The molecule has 24 heavy (non-hydrogen) atoms. The molecule has 5 heteroatoms. The largest absolute Gasteiger partial charge is 0.391 e. The number of rotatable bonds is 3. The molecule has 3 rings (SSSR count). The summed E-state index contributed by atoms with van der Waals surface area (Å²) < 4.78 is 1.95. The molecule has 1 aromatic heterocycles. The molecule has 1 aliphatic rings. The fourth-order valence-electron chi connectivity index (χ4n) is 3.23. The Kier molecular flexibility index (Phi) is 4.71. The van der Waals surface area contributed by atoms with Crippen molar-refractivity contribution >= 4 is 5.91 Å². The molecule has 0 spiro atoms. The second-order valence-corrected chi connectivity index (χ2v) is 6.87. The van der Waals surface area contributed by atoms with E-state index in [2.05, 4.69) is 5.10 Å². The molecule has 1 aromatic carbocycles. The van der Waals surface area contributed by atoms with Gasteiger partial charge in [0.15, 0.2) is 0 Å². The SMILES string of the molecule is Cc1cc(C)n(Cc2cccc(C(=O)N3CCC(C)C(O)C3)c2)n1. The van der Waals surface area contributed by atoms with Gasteiger partial charge < -0.3 is 10.0 Å². The lowest BCUT2D eigenvalue weighted by Gasteiger charge is -2.34. The van der Waals surface area contributed by atoms with E-state index in [0.29, 0.717) is 25.2 Å². The minimum Gasteiger partial charge on any atom is -0.391 e. The summed E-state index contributed by atoms with van der Waals surface area (Å²) in [5.41, 5.74) is 3.84. The van der Waals surface area contributed by atoms with Crippen molar-refractivity contribution in [3.8, 4) is 0 Å². The van der Waals surface area contributed by atoms with E-state index in [1.165, 1.54) is 0 Å². The van der Waals surface area contributed by atoms with Crippen LogP contribution in [0.15, 0.2) is 30.3 Å². The number of amides is 1. The van der Waals surface area contributed by atoms with Gasteiger partial charge in [0.25, 0.3) is 5.91 Å². The molecule has 0 saturated carbocycles. The lowest BCUT2D eigenvalue weighted by molar-refractivity contribution is 0.0248. The van der Waals surface area contributed by atoms with Gasteiger partial charge in [-0.15, -0.1) is 0 Å². The fraction of sp³-hybridized carbons (Fsp3) is 0.474. The van der Waals surface area contributed by atoms with Crippen molar-refractivity contribution in [1.29, 1.82) is 0 Å². The Morgan fingerprint density at radius 3 is 2.79 bits per heavy atom. The number of aliphatic hydroxyl groups excluding tert-OH is 1. The predicted molar refractivity (Wildman–Crippen MR) is 92.9 cm³/mol. The third kappa shape index (κ3) is 3.51. The van der Waals surface area contributed by atoms with Crippen molar-refractivity contribution in [2.75, 3.05) is 13.1 Å². The molecular weight excluding hydrogens is 302 g/mol. The van der Waals surface area contributed by atoms with Gasteiger partial charge in [0.05, 0.1) is 18.3 Å². The average Bonchev–Trinajstić information content (AvgIpc) is 2.87. The van der Waals surface area contributed by atoms with E-state index >= 15 is 0 Å². The molecule has 128 valence electrons. The Bertz CT molecular complexity index is 738. The summed E-state index contributed by atoms with van der Waals surface area (Å²) in [7, 11) is 0. The molecule has 2 heterocycles. The zero-order valence-corrected chi connectivity index (χ0v) is 14.6. The third-order valence-corrected chi connectivity index (χ3v) is 4.82. The number of benzene rings is 1. The first-order valence-electron chi connectivity index (χ1n) is 8.51. The van der Waals surface area contributed by atoms with E-state index in [1.54, 1.807) is 4.90 Å². The smallest absolute Gasteiger partial charge is 0.253 e. The highest BCUT2D eigenvalue weighted by Gasteiger charge is 2.27. The van der Waals surface area contributed by atoms with Crippen molar-refractivity contribution < 1.29 is 9.90 Å². The summed E-state index contributed by atoms with van der Waals surface area (Å²) in [5, 5.41) is 14.5. The summed E-state index contributed by atoms with van der Waals surface area (Å²) in [4.78, 5) is 14.5. The van der Waals surface area contributed by atoms with E-state index in [-0.39, 0.29) is 11.8 Å². The van der Waals surface area contributed by atoms with E-state index < -0.39 is 6.10 Å². The molecule has 5 nitrogen and oxygen atoms in total. The van der Waals surface area contributed by atoms with E-state index in [4.69, 9.17) is 0 Å². The average molecular weight is 327 g/mol. The number of piperidine rings is 1. The first-order chi connectivity index (χ1) is 11.4. The summed E-state index contributed by atoms with van der Waals surface area (Å²) >= 11 is 0. The van der Waals surface area contributed by atoms with Crippen LogP contribution in [0.5, 0.6) is 0 Å². The number of β-amino-alcohol motifs (C(OH)–C–C–N with tert-alkyl or cyclic N) is 1. The Morgan fingerprint density at radius 1 is 1.33 bits per heavy atom. The van der Waals surface area contributed by atoms with Gasteiger partial charge in [-0.3, -0.25) is 9.48 Å². The summed E-state index contributed by atoms with van der Waals surface area (Å²) in [6.07, 6.45) is 0.416. The quantitative estimate of drug-likeness (QED) is 0.942. The lowest BCUT2D eigenvalue weighted by atomic mass is 9.95. The molecule has 0 aliphatic carbocycles. The Morgan fingerprint density at radius 2 is 2.12 bits per heavy atom. The van der Waals surface area contributed by atoms with Crippen LogP contribution in [-0.4, -0.2) is 44.9 Å². The zero-order valence-electron chi connectivity index (χ0n) is 14.6. The van der Waals surface area contributed by atoms with Gasteiger partial charge in [-0.05, 0) is 49.9 Å². The van der Waals surface area contributed by atoms with Crippen LogP contribution in [0.2, 0.25) is 0 Å². The minimum absolute atomic E-state index is 0.00355. The fourth-order valence-corrected chi connectivity index (χ4v) is 3.23. The van der Waals surface area contributed by atoms with Crippen LogP contribution in [0.3, 0.4) is 0 Å². The van der Waals surface area contributed by atoms with Gasteiger partial charge in [0.2, 0.25) is 0 Å². The molecule has 2 aromatic rings. The number of aromatic nitrogens is 2. The number of hydrogen-bond acceptors (Lipinski definition) is 3. The van der Waals surface area contributed by atoms with Gasteiger partial charge >= 0.3 is 0 Å². The van der Waals surface area contributed by atoms with Gasteiger partial charge in [-0.2, -0.15) is 5.10 Å². The molecule has 1 amide bonds. The highest BCUT2D eigenvalue weighted by atomic mass is 16.3. The van der Waals surface area contributed by atoms with Crippen LogP contribution in [-0.2, 0) is 6.54 Å². The predicted octanol–water partition coefficient (Wildman–Crippen LogP) is 2.39. The molecular formula is C19H25N3O2. The van der Waals surface area contributed by atoms with E-state index in [1.807, 2.05) is 55.8 Å². The molecule has 0 bridgehead atoms. The Balaban J connectivity index is 1.75. The van der Waals surface area contributed by atoms with Crippen LogP contribution in [0.25, 0.3) is 0 Å². The standard InChI is InChI=1S/C19H25N3O2/c1-13-7-8-21(12-18(13)23)19(24)17-6-4-5-16(10-17)11-22-15(3)9-14(2)20-22/h4-6,9-10,13,18,23H,7-8,11-12H2,1-3H3. The third-order valence-electron chi connectivity index (χ3n) is 4.82. The number of carbonyl (C=O) groups excluding carboxylic acids is 1. The van der Waals surface area contributed by atoms with Crippen molar-refractivity contribution in [3.63, 3.8) is 0 Å². The van der Waals surface area contributed by atoms with Crippen molar-refractivity contribution in [1.82, 2.24) is 14.7 Å². The van der Waals surface area contributed by atoms with Crippen LogP contribution in [0.4, 0.5) is 0 Å². The summed E-state index contributed by atoms with van der Waals surface area (Å²) in [5.74, 6) is 0.252. The topological polar surface area (TPSA) is 58.4 Å². The molecule has 1 fully saturated rings. The highest BCUT2D eigenvalue weighted by Crippen LogP contribution is 2.19. The number of carbonyl (C=O) groups is 1. The summed E-state index contributed by atoms with van der Waals surface area (Å²) in [6.45, 7) is 7.82. The maximum Gasteiger partial charge on any atom is 0.253 e. The van der Waals surface area contributed by atoms with Crippen LogP contribution in [0.1, 0.15) is 40.7 Å². The highest BCUT2D eigenvalue weighted by molar-refractivity contribution is 5.94. The van der Waals surface area contributed by atoms with Gasteiger partial charge in [0.1, 0.15) is 0 Å². The number of aryl methyl sites for hydroxylation is 2. The second kappa shape index (κ2) is 6.77. The van der Waals surface area contributed by atoms with Gasteiger partial charge in [-0.1, -0.05) is 19.1 Å². The van der Waals surface area contributed by atoms with E-state index in [0.717, 1.165) is 23.4 Å². The molecule has 2 atom stereocenters. The van der Waals surface area contributed by atoms with Crippen LogP contribution < -0.4 is 0 Å². The van der Waals surface area contributed by atoms with Crippen molar-refractivity contribution in [3.05, 3.63) is 52.8 Å². The first-order valence-corrected chi connectivity index (χ1v) is 8.51. The monoisotopic (exact) mass is 327 g/mol. The maximum absolute atomic E-state index is 12.7. The molecule has 1 saturated heterocycles. The number of nitrogens with zero attached hydrogens (tertiary/aromatic N) is 3. The van der Waals surface area contributed by atoms with Crippen LogP contribution >= 0.6 is 0 Å². The number of hydrogen-bond donors (Lipinski definition) is 1. The molecule has 2 unspecified atom stereocenters. The zero-order chi connectivity index (χ0) is 17.3. The van der Waals surface area contributed by atoms with E-state index in [9.17, 15) is 9.90 Å².